The molecule has 4 heteroatoms. The summed E-state index contributed by atoms with van der Waals surface area (Å²) in [5, 5.41) is 10.6. The standard InChI is InChI=1S/C10H17N3O/c1-8-4-10(14-13-8)7-12-6-9-2-3-11-5-9/h4,9,11-12H,2-3,5-7H2,1H3. The quantitative estimate of drug-likeness (QED) is 0.742. The SMILES string of the molecule is Cc1cc(CNCC2CCNC2)on1. The highest BCUT2D eigenvalue weighted by Gasteiger charge is 2.13. The van der Waals surface area contributed by atoms with Crippen molar-refractivity contribution in [2.75, 3.05) is 19.6 Å². The molecule has 1 aliphatic rings. The lowest BCUT2D eigenvalue weighted by atomic mass is 10.1. The fourth-order valence-electron chi connectivity index (χ4n) is 1.79. The maximum Gasteiger partial charge on any atom is 0.150 e. The van der Waals surface area contributed by atoms with Crippen LogP contribution in [0.4, 0.5) is 0 Å². The van der Waals surface area contributed by atoms with Gasteiger partial charge in [0.05, 0.1) is 12.2 Å². The zero-order valence-electron chi connectivity index (χ0n) is 8.55. The molecule has 0 amide bonds. The Balaban J connectivity index is 1.67. The zero-order chi connectivity index (χ0) is 9.80. The van der Waals surface area contributed by atoms with Crippen molar-refractivity contribution >= 4 is 0 Å². The summed E-state index contributed by atoms with van der Waals surface area (Å²) < 4.78 is 5.10. The van der Waals surface area contributed by atoms with Crippen molar-refractivity contribution in [3.63, 3.8) is 0 Å². The minimum Gasteiger partial charge on any atom is -0.360 e. The Kier molecular flexibility index (Phi) is 3.16. The van der Waals surface area contributed by atoms with Gasteiger partial charge in [-0.3, -0.25) is 0 Å². The molecular formula is C10H17N3O. The average Bonchev–Trinajstić information content (AvgIpc) is 2.77. The Bertz CT molecular complexity index is 279. The number of nitrogens with zero attached hydrogens (tertiary/aromatic N) is 1. The predicted octanol–water partition coefficient (Wildman–Crippen LogP) is 0.682. The molecule has 2 heterocycles. The molecule has 1 fully saturated rings. The van der Waals surface area contributed by atoms with E-state index in [1.807, 2.05) is 13.0 Å². The van der Waals surface area contributed by atoms with Crippen LogP contribution in [0.25, 0.3) is 0 Å². The van der Waals surface area contributed by atoms with E-state index in [1.165, 1.54) is 6.42 Å². The summed E-state index contributed by atoms with van der Waals surface area (Å²) in [6.07, 6.45) is 1.28. The lowest BCUT2D eigenvalue weighted by Gasteiger charge is -2.07. The van der Waals surface area contributed by atoms with Gasteiger partial charge >= 0.3 is 0 Å². The van der Waals surface area contributed by atoms with Crippen LogP contribution in [0.3, 0.4) is 0 Å². The topological polar surface area (TPSA) is 50.1 Å². The van der Waals surface area contributed by atoms with Crippen LogP contribution in [0, 0.1) is 12.8 Å². The van der Waals surface area contributed by atoms with E-state index >= 15 is 0 Å². The predicted molar refractivity (Wildman–Crippen MR) is 53.9 cm³/mol. The summed E-state index contributed by atoms with van der Waals surface area (Å²) in [5.74, 6) is 1.70. The first-order valence-corrected chi connectivity index (χ1v) is 5.18. The second-order valence-electron chi connectivity index (χ2n) is 3.92. The van der Waals surface area contributed by atoms with Crippen LogP contribution in [0.2, 0.25) is 0 Å². The fraction of sp³-hybridized carbons (Fsp3) is 0.700. The molecule has 14 heavy (non-hydrogen) atoms. The number of hydrogen-bond acceptors (Lipinski definition) is 4. The smallest absolute Gasteiger partial charge is 0.150 e. The lowest BCUT2D eigenvalue weighted by molar-refractivity contribution is 0.364. The summed E-state index contributed by atoms with van der Waals surface area (Å²) in [5.41, 5.74) is 0.948. The molecule has 2 rings (SSSR count). The molecule has 1 aromatic heterocycles. The summed E-state index contributed by atoms with van der Waals surface area (Å²) in [4.78, 5) is 0. The monoisotopic (exact) mass is 195 g/mol. The number of rotatable bonds is 4. The second kappa shape index (κ2) is 4.57. The first-order valence-electron chi connectivity index (χ1n) is 5.18. The Morgan fingerprint density at radius 2 is 2.64 bits per heavy atom. The molecule has 1 unspecified atom stereocenters. The van der Waals surface area contributed by atoms with E-state index in [0.717, 1.165) is 43.6 Å². The van der Waals surface area contributed by atoms with Crippen molar-refractivity contribution in [3.05, 3.63) is 17.5 Å². The maximum absolute atomic E-state index is 5.10. The molecule has 0 bridgehead atoms. The van der Waals surface area contributed by atoms with Gasteiger partial charge in [0.2, 0.25) is 0 Å². The van der Waals surface area contributed by atoms with Gasteiger partial charge < -0.3 is 15.2 Å². The van der Waals surface area contributed by atoms with Gasteiger partial charge in [0.1, 0.15) is 0 Å². The Morgan fingerprint density at radius 1 is 1.71 bits per heavy atom. The van der Waals surface area contributed by atoms with Crippen LogP contribution in [0.15, 0.2) is 10.6 Å². The minimum absolute atomic E-state index is 0.777. The Labute approximate surface area is 84.0 Å². The zero-order valence-corrected chi connectivity index (χ0v) is 8.55. The fourth-order valence-corrected chi connectivity index (χ4v) is 1.79. The van der Waals surface area contributed by atoms with Crippen LogP contribution < -0.4 is 10.6 Å². The summed E-state index contributed by atoms with van der Waals surface area (Å²) in [6.45, 7) is 6.09. The first-order chi connectivity index (χ1) is 6.84. The Hall–Kier alpha value is -0.870. The molecule has 0 spiro atoms. The molecule has 1 saturated heterocycles. The van der Waals surface area contributed by atoms with Crippen molar-refractivity contribution < 1.29 is 4.52 Å². The highest BCUT2D eigenvalue weighted by atomic mass is 16.5. The Morgan fingerprint density at radius 3 is 3.29 bits per heavy atom. The third-order valence-corrected chi connectivity index (χ3v) is 2.57. The summed E-state index contributed by atoms with van der Waals surface area (Å²) >= 11 is 0. The van der Waals surface area contributed by atoms with E-state index in [0.29, 0.717) is 0 Å². The highest BCUT2D eigenvalue weighted by molar-refractivity contribution is 5.02. The highest BCUT2D eigenvalue weighted by Crippen LogP contribution is 2.06. The molecule has 1 aromatic rings. The molecule has 4 nitrogen and oxygen atoms in total. The van der Waals surface area contributed by atoms with Crippen LogP contribution in [0.5, 0.6) is 0 Å². The summed E-state index contributed by atoms with van der Waals surface area (Å²) in [6, 6.07) is 1.97. The second-order valence-corrected chi connectivity index (χ2v) is 3.92. The van der Waals surface area contributed by atoms with Gasteiger partial charge in [0.15, 0.2) is 5.76 Å². The lowest BCUT2D eigenvalue weighted by Crippen LogP contribution is -2.23. The summed E-state index contributed by atoms with van der Waals surface area (Å²) in [7, 11) is 0. The average molecular weight is 195 g/mol. The van der Waals surface area contributed by atoms with Gasteiger partial charge in [0, 0.05) is 6.07 Å². The number of nitrogens with one attached hydrogen (secondary N) is 2. The van der Waals surface area contributed by atoms with Crippen molar-refractivity contribution in [2.24, 2.45) is 5.92 Å². The molecule has 0 aromatic carbocycles. The van der Waals surface area contributed by atoms with Gasteiger partial charge in [-0.1, -0.05) is 5.16 Å². The molecule has 0 radical (unpaired) electrons. The van der Waals surface area contributed by atoms with Crippen LogP contribution in [0.1, 0.15) is 17.9 Å². The van der Waals surface area contributed by atoms with Gasteiger partial charge in [-0.05, 0) is 38.9 Å². The molecule has 2 N–H and O–H groups in total. The van der Waals surface area contributed by atoms with Crippen LogP contribution in [-0.2, 0) is 6.54 Å². The van der Waals surface area contributed by atoms with E-state index in [4.69, 9.17) is 4.52 Å². The normalized spacial score (nSPS) is 21.6. The van der Waals surface area contributed by atoms with Gasteiger partial charge in [0.25, 0.3) is 0 Å². The van der Waals surface area contributed by atoms with Crippen LogP contribution in [-0.4, -0.2) is 24.8 Å². The number of aryl methyl sites for hydroxylation is 1. The first kappa shape index (κ1) is 9.68. The number of aromatic nitrogens is 1. The molecular weight excluding hydrogens is 178 g/mol. The van der Waals surface area contributed by atoms with E-state index in [9.17, 15) is 0 Å². The van der Waals surface area contributed by atoms with Crippen molar-refractivity contribution in [2.45, 2.75) is 19.9 Å². The van der Waals surface area contributed by atoms with Crippen LogP contribution >= 0.6 is 0 Å². The van der Waals surface area contributed by atoms with Crippen molar-refractivity contribution in [1.29, 1.82) is 0 Å². The minimum atomic E-state index is 0.777. The molecule has 78 valence electrons. The molecule has 0 aliphatic carbocycles. The van der Waals surface area contributed by atoms with Crippen molar-refractivity contribution in [1.82, 2.24) is 15.8 Å². The molecule has 0 saturated carbocycles. The maximum atomic E-state index is 5.10. The van der Waals surface area contributed by atoms with Gasteiger partial charge in [-0.25, -0.2) is 0 Å². The van der Waals surface area contributed by atoms with Crippen molar-refractivity contribution in [3.8, 4) is 0 Å². The van der Waals surface area contributed by atoms with E-state index in [-0.39, 0.29) is 0 Å². The molecule has 1 atom stereocenters. The van der Waals surface area contributed by atoms with Gasteiger partial charge in [-0.2, -0.15) is 0 Å². The number of hydrogen-bond donors (Lipinski definition) is 2. The molecule has 1 aliphatic heterocycles. The van der Waals surface area contributed by atoms with E-state index in [1.54, 1.807) is 0 Å². The third kappa shape index (κ3) is 2.56. The third-order valence-electron chi connectivity index (χ3n) is 2.57. The van der Waals surface area contributed by atoms with Gasteiger partial charge in [-0.15, -0.1) is 0 Å². The van der Waals surface area contributed by atoms with E-state index in [2.05, 4.69) is 15.8 Å². The van der Waals surface area contributed by atoms with E-state index < -0.39 is 0 Å². The largest absolute Gasteiger partial charge is 0.360 e.